The molecule has 0 fully saturated rings. The summed E-state index contributed by atoms with van der Waals surface area (Å²) in [6.45, 7) is 8.73. The maximum atomic E-state index is 11.3. The third-order valence-electron chi connectivity index (χ3n) is 2.06. The molecule has 0 spiro atoms. The second-order valence-corrected chi connectivity index (χ2v) is 3.62. The van der Waals surface area contributed by atoms with Gasteiger partial charge in [0.25, 0.3) is 0 Å². The van der Waals surface area contributed by atoms with E-state index < -0.39 is 0 Å². The molecule has 0 rings (SSSR count). The van der Waals surface area contributed by atoms with Crippen LogP contribution in [0.3, 0.4) is 0 Å². The van der Waals surface area contributed by atoms with E-state index in [2.05, 4.69) is 6.92 Å². The molecule has 0 aromatic rings. The van der Waals surface area contributed by atoms with E-state index in [9.17, 15) is 4.79 Å². The predicted molar refractivity (Wildman–Crippen MR) is 60.7 cm³/mol. The highest BCUT2D eigenvalue weighted by atomic mass is 16.6. The summed E-state index contributed by atoms with van der Waals surface area (Å²) in [6.07, 6.45) is 3.73. The van der Waals surface area contributed by atoms with Gasteiger partial charge < -0.3 is 9.47 Å². The zero-order chi connectivity index (χ0) is 11.7. The largest absolute Gasteiger partial charge is 0.457 e. The summed E-state index contributed by atoms with van der Waals surface area (Å²) in [5.74, 6) is -0.260. The number of carbonyl (C=O) groups is 1. The Bertz CT molecular complexity index is 209. The van der Waals surface area contributed by atoms with E-state index in [0.717, 1.165) is 19.4 Å². The van der Waals surface area contributed by atoms with Crippen LogP contribution in [0.5, 0.6) is 0 Å². The molecule has 3 nitrogen and oxygen atoms in total. The minimum atomic E-state index is -0.260. The lowest BCUT2D eigenvalue weighted by atomic mass is 10.3. The number of allylic oxidation sites excluding steroid dienone is 1. The number of carbonyl (C=O) groups excluding carboxylic acids is 1. The first kappa shape index (κ1) is 14.2. The minimum Gasteiger partial charge on any atom is -0.457 e. The molecule has 88 valence electrons. The Labute approximate surface area is 92.5 Å². The van der Waals surface area contributed by atoms with Crippen molar-refractivity contribution in [3.05, 3.63) is 11.6 Å². The quantitative estimate of drug-likeness (QED) is 0.371. The van der Waals surface area contributed by atoms with Gasteiger partial charge in [0, 0.05) is 12.2 Å². The lowest BCUT2D eigenvalue weighted by Crippen LogP contribution is -2.21. The summed E-state index contributed by atoms with van der Waals surface area (Å²) in [5, 5.41) is 0. The van der Waals surface area contributed by atoms with Crippen LogP contribution in [-0.2, 0) is 14.3 Å². The Balaban J connectivity index is 3.65. The zero-order valence-corrected chi connectivity index (χ0v) is 10.2. The number of unbranched alkanes of at least 4 members (excludes halogenated alkanes) is 1. The van der Waals surface area contributed by atoms with Crippen molar-refractivity contribution < 1.29 is 14.3 Å². The molecule has 0 aromatic heterocycles. The number of rotatable bonds is 7. The fourth-order valence-corrected chi connectivity index (χ4v) is 0.923. The SMILES string of the molecule is C/C=C(\C)C(=O)OC(C)COCCCC. The third kappa shape index (κ3) is 7.14. The molecule has 1 unspecified atom stereocenters. The van der Waals surface area contributed by atoms with Crippen molar-refractivity contribution >= 4 is 5.97 Å². The van der Waals surface area contributed by atoms with Crippen molar-refractivity contribution in [2.45, 2.75) is 46.6 Å². The molecule has 0 bridgehead atoms. The van der Waals surface area contributed by atoms with Gasteiger partial charge in [-0.1, -0.05) is 19.4 Å². The fourth-order valence-electron chi connectivity index (χ4n) is 0.923. The van der Waals surface area contributed by atoms with Crippen LogP contribution >= 0.6 is 0 Å². The van der Waals surface area contributed by atoms with Crippen LogP contribution in [-0.4, -0.2) is 25.3 Å². The summed E-state index contributed by atoms with van der Waals surface area (Å²) >= 11 is 0. The van der Waals surface area contributed by atoms with E-state index in [0.29, 0.717) is 12.2 Å². The molecular formula is C12H22O3. The Morgan fingerprint density at radius 2 is 2.13 bits per heavy atom. The lowest BCUT2D eigenvalue weighted by molar-refractivity contribution is -0.146. The molecule has 15 heavy (non-hydrogen) atoms. The van der Waals surface area contributed by atoms with Crippen LogP contribution < -0.4 is 0 Å². The van der Waals surface area contributed by atoms with Gasteiger partial charge in [-0.15, -0.1) is 0 Å². The summed E-state index contributed by atoms with van der Waals surface area (Å²) in [5.41, 5.74) is 0.635. The van der Waals surface area contributed by atoms with E-state index in [4.69, 9.17) is 9.47 Å². The van der Waals surface area contributed by atoms with Gasteiger partial charge in [-0.3, -0.25) is 0 Å². The first-order valence-electron chi connectivity index (χ1n) is 5.53. The van der Waals surface area contributed by atoms with E-state index in [1.54, 1.807) is 13.0 Å². The number of hydrogen-bond donors (Lipinski definition) is 0. The molecule has 0 aliphatic rings. The van der Waals surface area contributed by atoms with Crippen molar-refractivity contribution in [1.29, 1.82) is 0 Å². The predicted octanol–water partition coefficient (Wildman–Crippen LogP) is 2.70. The first-order chi connectivity index (χ1) is 7.11. The fraction of sp³-hybridized carbons (Fsp3) is 0.750. The van der Waals surface area contributed by atoms with Gasteiger partial charge in [0.15, 0.2) is 0 Å². The summed E-state index contributed by atoms with van der Waals surface area (Å²) in [6, 6.07) is 0. The Kier molecular flexibility index (Phi) is 8.01. The molecule has 0 aromatic carbocycles. The first-order valence-corrected chi connectivity index (χ1v) is 5.53. The Morgan fingerprint density at radius 3 is 2.67 bits per heavy atom. The molecule has 0 aliphatic carbocycles. The number of esters is 1. The van der Waals surface area contributed by atoms with E-state index >= 15 is 0 Å². The topological polar surface area (TPSA) is 35.5 Å². The number of hydrogen-bond acceptors (Lipinski definition) is 3. The molecule has 0 heterocycles. The van der Waals surface area contributed by atoms with Crippen LogP contribution in [0.1, 0.15) is 40.5 Å². The van der Waals surface area contributed by atoms with Crippen LogP contribution in [0.4, 0.5) is 0 Å². The van der Waals surface area contributed by atoms with Crippen LogP contribution in [0.15, 0.2) is 11.6 Å². The van der Waals surface area contributed by atoms with Crippen molar-refractivity contribution in [1.82, 2.24) is 0 Å². The highest BCUT2D eigenvalue weighted by Gasteiger charge is 2.10. The average Bonchev–Trinajstić information content (AvgIpc) is 2.23. The summed E-state index contributed by atoms with van der Waals surface area (Å²) in [4.78, 5) is 11.3. The highest BCUT2D eigenvalue weighted by molar-refractivity contribution is 5.87. The molecule has 0 amide bonds. The molecule has 0 aliphatic heterocycles. The normalized spacial score (nSPS) is 13.7. The molecule has 3 heteroatoms. The van der Waals surface area contributed by atoms with Crippen molar-refractivity contribution in [3.8, 4) is 0 Å². The highest BCUT2D eigenvalue weighted by Crippen LogP contribution is 2.01. The molecule has 1 atom stereocenters. The van der Waals surface area contributed by atoms with Gasteiger partial charge in [-0.25, -0.2) is 4.79 Å². The standard InChI is InChI=1S/C12H22O3/c1-5-7-8-14-9-11(4)15-12(13)10(3)6-2/h6,11H,5,7-9H2,1-4H3/b10-6+. The molecule has 0 saturated heterocycles. The van der Waals surface area contributed by atoms with Gasteiger partial charge in [-0.05, 0) is 27.2 Å². The minimum absolute atomic E-state index is 0.177. The second kappa shape index (κ2) is 8.48. The number of ether oxygens (including phenoxy) is 2. The Morgan fingerprint density at radius 1 is 1.47 bits per heavy atom. The van der Waals surface area contributed by atoms with Crippen LogP contribution in [0.2, 0.25) is 0 Å². The third-order valence-corrected chi connectivity index (χ3v) is 2.06. The van der Waals surface area contributed by atoms with E-state index in [1.165, 1.54) is 0 Å². The van der Waals surface area contributed by atoms with Gasteiger partial charge >= 0.3 is 5.97 Å². The van der Waals surface area contributed by atoms with Gasteiger partial charge in [0.1, 0.15) is 6.10 Å². The maximum Gasteiger partial charge on any atom is 0.333 e. The molecule has 0 radical (unpaired) electrons. The van der Waals surface area contributed by atoms with Crippen molar-refractivity contribution in [2.75, 3.05) is 13.2 Å². The monoisotopic (exact) mass is 214 g/mol. The van der Waals surface area contributed by atoms with E-state index in [-0.39, 0.29) is 12.1 Å². The average molecular weight is 214 g/mol. The smallest absolute Gasteiger partial charge is 0.333 e. The van der Waals surface area contributed by atoms with Crippen molar-refractivity contribution in [2.24, 2.45) is 0 Å². The molecular weight excluding hydrogens is 192 g/mol. The van der Waals surface area contributed by atoms with Gasteiger partial charge in [-0.2, -0.15) is 0 Å². The van der Waals surface area contributed by atoms with Gasteiger partial charge in [0.05, 0.1) is 6.61 Å². The van der Waals surface area contributed by atoms with Crippen molar-refractivity contribution in [3.63, 3.8) is 0 Å². The summed E-state index contributed by atoms with van der Waals surface area (Å²) < 4.78 is 10.5. The second-order valence-electron chi connectivity index (χ2n) is 3.62. The Hall–Kier alpha value is -0.830. The lowest BCUT2D eigenvalue weighted by Gasteiger charge is -2.13. The van der Waals surface area contributed by atoms with E-state index in [1.807, 2.05) is 13.8 Å². The maximum absolute atomic E-state index is 11.3. The summed E-state index contributed by atoms with van der Waals surface area (Å²) in [7, 11) is 0. The van der Waals surface area contributed by atoms with Crippen LogP contribution in [0, 0.1) is 0 Å². The van der Waals surface area contributed by atoms with Crippen LogP contribution in [0.25, 0.3) is 0 Å². The molecule has 0 saturated carbocycles. The zero-order valence-electron chi connectivity index (χ0n) is 10.2. The molecule has 0 N–H and O–H groups in total. The van der Waals surface area contributed by atoms with Gasteiger partial charge in [0.2, 0.25) is 0 Å².